The fraction of sp³-hybridized carbons (Fsp3) is 1.00. The molecule has 0 amide bonds. The summed E-state index contributed by atoms with van der Waals surface area (Å²) in [5.74, 6) is 0. The Morgan fingerprint density at radius 1 is 0.545 bits per heavy atom. The Balaban J connectivity index is 1.37. The minimum Gasteiger partial charge on any atom is -0.293 e. The third-order valence-electron chi connectivity index (χ3n) is 5.11. The van der Waals surface area contributed by atoms with Gasteiger partial charge in [0.25, 0.3) is 0 Å². The van der Waals surface area contributed by atoms with E-state index in [1.165, 1.54) is 104 Å². The van der Waals surface area contributed by atoms with Gasteiger partial charge in [-0.3, -0.25) is 19.6 Å². The van der Waals surface area contributed by atoms with Crippen molar-refractivity contribution in [3.05, 3.63) is 0 Å². The van der Waals surface area contributed by atoms with Crippen molar-refractivity contribution in [3.8, 4) is 0 Å². The van der Waals surface area contributed by atoms with E-state index in [0.717, 1.165) is 0 Å². The Morgan fingerprint density at radius 3 is 1.36 bits per heavy atom. The summed E-state index contributed by atoms with van der Waals surface area (Å²) in [7, 11) is 4.48. The van der Waals surface area contributed by atoms with Gasteiger partial charge in [-0.15, -0.1) is 0 Å². The van der Waals surface area contributed by atoms with Crippen LogP contribution in [0.2, 0.25) is 0 Å². The van der Waals surface area contributed by atoms with Crippen molar-refractivity contribution >= 4 is 0 Å². The number of nitrogens with zero attached hydrogens (tertiary/aromatic N) is 4. The quantitative estimate of drug-likeness (QED) is 0.607. The number of hydrogen-bond donors (Lipinski definition) is 0. The summed E-state index contributed by atoms with van der Waals surface area (Å²) in [5, 5.41) is 0. The largest absolute Gasteiger partial charge is 0.293 e. The Labute approximate surface area is 138 Å². The molecule has 0 N–H and O–H groups in total. The van der Waals surface area contributed by atoms with Gasteiger partial charge in [0.15, 0.2) is 0 Å². The Morgan fingerprint density at radius 2 is 0.955 bits per heavy atom. The Hall–Kier alpha value is -0.160. The van der Waals surface area contributed by atoms with Crippen LogP contribution < -0.4 is 0 Å². The van der Waals surface area contributed by atoms with E-state index in [-0.39, 0.29) is 0 Å². The van der Waals surface area contributed by atoms with Crippen LogP contribution in [0, 0.1) is 0 Å². The summed E-state index contributed by atoms with van der Waals surface area (Å²) in [6.45, 7) is 10.2. The van der Waals surface area contributed by atoms with Gasteiger partial charge in [-0.1, -0.05) is 25.7 Å². The summed E-state index contributed by atoms with van der Waals surface area (Å²) < 4.78 is 0. The molecule has 0 unspecified atom stereocenters. The molecule has 2 saturated heterocycles. The van der Waals surface area contributed by atoms with Gasteiger partial charge in [0, 0.05) is 26.2 Å². The first-order chi connectivity index (χ1) is 10.7. The summed E-state index contributed by atoms with van der Waals surface area (Å²) in [4.78, 5) is 10.1. The SMILES string of the molecule is CN1CCCN(CCCCCCCCN2CCCN(C)C2)C1. The summed E-state index contributed by atoms with van der Waals surface area (Å²) in [5.41, 5.74) is 0. The molecule has 2 aliphatic rings. The van der Waals surface area contributed by atoms with Crippen LogP contribution in [0.5, 0.6) is 0 Å². The van der Waals surface area contributed by atoms with Crippen LogP contribution in [-0.4, -0.2) is 86.3 Å². The first-order valence-corrected chi connectivity index (χ1v) is 9.56. The average Bonchev–Trinajstić information content (AvgIpc) is 2.50. The lowest BCUT2D eigenvalue weighted by molar-refractivity contribution is 0.105. The standard InChI is InChI=1S/C18H38N4/c1-19-11-9-15-21(17-19)13-7-5-3-4-6-8-14-22-16-10-12-20(2)18-22/h3-18H2,1-2H3. The van der Waals surface area contributed by atoms with Crippen LogP contribution in [0.4, 0.5) is 0 Å². The summed E-state index contributed by atoms with van der Waals surface area (Å²) in [6, 6.07) is 0. The van der Waals surface area contributed by atoms with Crippen LogP contribution in [-0.2, 0) is 0 Å². The number of unbranched alkanes of at least 4 members (excludes halogenated alkanes) is 5. The zero-order valence-electron chi connectivity index (χ0n) is 15.1. The van der Waals surface area contributed by atoms with Crippen LogP contribution in [0.3, 0.4) is 0 Å². The van der Waals surface area contributed by atoms with Crippen molar-refractivity contribution in [2.75, 3.05) is 66.7 Å². The molecule has 2 aliphatic heterocycles. The van der Waals surface area contributed by atoms with Gasteiger partial charge in [0.1, 0.15) is 0 Å². The monoisotopic (exact) mass is 310 g/mol. The maximum atomic E-state index is 2.62. The molecule has 0 aliphatic carbocycles. The highest BCUT2D eigenvalue weighted by molar-refractivity contribution is 4.66. The van der Waals surface area contributed by atoms with Gasteiger partial charge < -0.3 is 0 Å². The lowest BCUT2D eigenvalue weighted by atomic mass is 10.1. The number of hydrogen-bond acceptors (Lipinski definition) is 4. The summed E-state index contributed by atoms with van der Waals surface area (Å²) >= 11 is 0. The fourth-order valence-electron chi connectivity index (χ4n) is 3.84. The van der Waals surface area contributed by atoms with E-state index in [4.69, 9.17) is 0 Å². The highest BCUT2D eigenvalue weighted by Crippen LogP contribution is 2.10. The molecule has 2 heterocycles. The first kappa shape index (κ1) is 18.2. The van der Waals surface area contributed by atoms with E-state index in [1.54, 1.807) is 0 Å². The third kappa shape index (κ3) is 7.40. The normalized spacial score (nSPS) is 23.2. The van der Waals surface area contributed by atoms with Crippen molar-refractivity contribution in [2.45, 2.75) is 51.4 Å². The van der Waals surface area contributed by atoms with E-state index < -0.39 is 0 Å². The Bertz CT molecular complexity index is 256. The predicted molar refractivity (Wildman–Crippen MR) is 95.1 cm³/mol. The molecule has 0 spiro atoms. The second-order valence-corrected chi connectivity index (χ2v) is 7.51. The fourth-order valence-corrected chi connectivity index (χ4v) is 3.84. The summed E-state index contributed by atoms with van der Waals surface area (Å²) in [6.07, 6.45) is 11.2. The van der Waals surface area contributed by atoms with Crippen molar-refractivity contribution < 1.29 is 0 Å². The van der Waals surface area contributed by atoms with E-state index in [1.807, 2.05) is 0 Å². The molecule has 130 valence electrons. The van der Waals surface area contributed by atoms with Crippen LogP contribution in [0.15, 0.2) is 0 Å². The molecule has 2 rings (SSSR count). The smallest absolute Gasteiger partial charge is 0.0503 e. The molecular formula is C18H38N4. The first-order valence-electron chi connectivity index (χ1n) is 9.56. The van der Waals surface area contributed by atoms with Gasteiger partial charge in [0.05, 0.1) is 13.3 Å². The zero-order chi connectivity index (χ0) is 15.6. The van der Waals surface area contributed by atoms with Crippen molar-refractivity contribution in [1.29, 1.82) is 0 Å². The molecule has 0 aromatic carbocycles. The van der Waals surface area contributed by atoms with Crippen LogP contribution in [0.25, 0.3) is 0 Å². The molecule has 0 saturated carbocycles. The van der Waals surface area contributed by atoms with Gasteiger partial charge >= 0.3 is 0 Å². The lowest BCUT2D eigenvalue weighted by Crippen LogP contribution is -2.43. The lowest BCUT2D eigenvalue weighted by Gasteiger charge is -2.33. The molecule has 0 atom stereocenters. The van der Waals surface area contributed by atoms with Crippen molar-refractivity contribution in [3.63, 3.8) is 0 Å². The molecule has 0 aromatic rings. The van der Waals surface area contributed by atoms with Gasteiger partial charge in [-0.2, -0.15) is 0 Å². The predicted octanol–water partition coefficient (Wildman–Crippen LogP) is 2.52. The molecular weight excluding hydrogens is 272 g/mol. The number of rotatable bonds is 9. The molecule has 0 bridgehead atoms. The topological polar surface area (TPSA) is 13.0 Å². The Kier molecular flexibility index (Phi) is 8.75. The minimum atomic E-state index is 1.18. The second-order valence-electron chi connectivity index (χ2n) is 7.51. The average molecular weight is 311 g/mol. The molecule has 0 radical (unpaired) electrons. The minimum absolute atomic E-state index is 1.18. The molecule has 4 heteroatoms. The molecule has 22 heavy (non-hydrogen) atoms. The van der Waals surface area contributed by atoms with E-state index in [0.29, 0.717) is 0 Å². The van der Waals surface area contributed by atoms with Crippen LogP contribution >= 0.6 is 0 Å². The zero-order valence-corrected chi connectivity index (χ0v) is 15.1. The molecule has 2 fully saturated rings. The van der Waals surface area contributed by atoms with Gasteiger partial charge in [-0.05, 0) is 52.9 Å². The van der Waals surface area contributed by atoms with E-state index >= 15 is 0 Å². The second kappa shape index (κ2) is 10.6. The highest BCUT2D eigenvalue weighted by atomic mass is 15.3. The van der Waals surface area contributed by atoms with Gasteiger partial charge in [-0.25, -0.2) is 0 Å². The third-order valence-corrected chi connectivity index (χ3v) is 5.11. The highest BCUT2D eigenvalue weighted by Gasteiger charge is 2.14. The van der Waals surface area contributed by atoms with E-state index in [2.05, 4.69) is 33.7 Å². The maximum absolute atomic E-state index is 2.62. The maximum Gasteiger partial charge on any atom is 0.0503 e. The van der Waals surface area contributed by atoms with Crippen molar-refractivity contribution in [2.24, 2.45) is 0 Å². The van der Waals surface area contributed by atoms with Crippen LogP contribution in [0.1, 0.15) is 51.4 Å². The van der Waals surface area contributed by atoms with Crippen molar-refractivity contribution in [1.82, 2.24) is 19.6 Å². The van der Waals surface area contributed by atoms with Gasteiger partial charge in [0.2, 0.25) is 0 Å². The van der Waals surface area contributed by atoms with E-state index in [9.17, 15) is 0 Å². The molecule has 4 nitrogen and oxygen atoms in total. The molecule has 0 aromatic heterocycles.